The fourth-order valence-electron chi connectivity index (χ4n) is 1.38. The summed E-state index contributed by atoms with van der Waals surface area (Å²) < 4.78 is 4.82. The lowest BCUT2D eigenvalue weighted by Gasteiger charge is -2.17. The van der Waals surface area contributed by atoms with Gasteiger partial charge in [-0.3, -0.25) is 4.79 Å². The second-order valence-electron chi connectivity index (χ2n) is 3.91. The van der Waals surface area contributed by atoms with Gasteiger partial charge in [0.05, 0.1) is 18.7 Å². The van der Waals surface area contributed by atoms with Crippen LogP contribution in [0.5, 0.6) is 0 Å². The Morgan fingerprint density at radius 2 is 2.21 bits per heavy atom. The molecule has 1 aromatic heterocycles. The summed E-state index contributed by atoms with van der Waals surface area (Å²) in [6.07, 6.45) is 1.26. The van der Waals surface area contributed by atoms with Crippen LogP contribution in [0.3, 0.4) is 0 Å². The van der Waals surface area contributed by atoms with Gasteiger partial charge in [0.25, 0.3) is 0 Å². The van der Waals surface area contributed by atoms with Gasteiger partial charge in [0.2, 0.25) is 5.91 Å². The molecule has 0 aliphatic carbocycles. The maximum absolute atomic E-state index is 11.5. The van der Waals surface area contributed by atoms with Gasteiger partial charge < -0.3 is 20.1 Å². The average Bonchev–Trinajstić information content (AvgIpc) is 2.39. The van der Waals surface area contributed by atoms with E-state index in [0.29, 0.717) is 19.0 Å². The Hall–Kier alpha value is -2.15. The van der Waals surface area contributed by atoms with Crippen LogP contribution in [0.2, 0.25) is 0 Å². The number of nitrogens with one attached hydrogen (secondary N) is 1. The minimum absolute atomic E-state index is 0.113. The highest BCUT2D eigenvalue weighted by Gasteiger charge is 2.09. The standard InChI is InChI=1S/C12H17N3O4/c1-15(8-11(16)13-5-6-19-2)10-4-3-9(7-14-10)12(17)18/h3-4,7H,5-6,8H2,1-2H3,(H,13,16)(H,17,18). The van der Waals surface area contributed by atoms with Gasteiger partial charge >= 0.3 is 5.97 Å². The lowest BCUT2D eigenvalue weighted by Crippen LogP contribution is -2.36. The molecule has 0 radical (unpaired) electrons. The minimum Gasteiger partial charge on any atom is -0.478 e. The van der Waals surface area contributed by atoms with E-state index in [1.54, 1.807) is 25.1 Å². The van der Waals surface area contributed by atoms with Crippen molar-refractivity contribution >= 4 is 17.7 Å². The molecule has 0 fully saturated rings. The normalized spacial score (nSPS) is 10.0. The van der Waals surface area contributed by atoms with Crippen LogP contribution in [0.15, 0.2) is 18.3 Å². The molecule has 0 atom stereocenters. The van der Waals surface area contributed by atoms with Gasteiger partial charge in [-0.15, -0.1) is 0 Å². The number of aromatic carboxylic acids is 1. The van der Waals surface area contributed by atoms with Crippen molar-refractivity contribution in [2.24, 2.45) is 0 Å². The minimum atomic E-state index is -1.03. The monoisotopic (exact) mass is 267 g/mol. The molecule has 0 aliphatic rings. The zero-order valence-corrected chi connectivity index (χ0v) is 10.9. The number of carbonyl (C=O) groups excluding carboxylic acids is 1. The first-order valence-electron chi connectivity index (χ1n) is 5.70. The number of methoxy groups -OCH3 is 1. The van der Waals surface area contributed by atoms with Crippen LogP contribution >= 0.6 is 0 Å². The molecule has 0 aliphatic heterocycles. The van der Waals surface area contributed by atoms with Crippen LogP contribution in [0.1, 0.15) is 10.4 Å². The van der Waals surface area contributed by atoms with Gasteiger partial charge in [-0.05, 0) is 12.1 Å². The molecule has 1 amide bonds. The SMILES string of the molecule is COCCNC(=O)CN(C)c1ccc(C(=O)O)cn1. The number of ether oxygens (including phenoxy) is 1. The molecular weight excluding hydrogens is 250 g/mol. The molecule has 1 aromatic rings. The van der Waals surface area contributed by atoms with Gasteiger partial charge in [-0.1, -0.05) is 0 Å². The van der Waals surface area contributed by atoms with Crippen molar-refractivity contribution in [1.29, 1.82) is 0 Å². The molecule has 0 saturated heterocycles. The molecule has 104 valence electrons. The summed E-state index contributed by atoms with van der Waals surface area (Å²) in [6.45, 7) is 1.05. The van der Waals surface area contributed by atoms with Crippen molar-refractivity contribution < 1.29 is 19.4 Å². The molecule has 0 bridgehead atoms. The maximum Gasteiger partial charge on any atom is 0.337 e. The summed E-state index contributed by atoms with van der Waals surface area (Å²) in [7, 11) is 3.27. The molecule has 19 heavy (non-hydrogen) atoms. The Morgan fingerprint density at radius 3 is 2.74 bits per heavy atom. The van der Waals surface area contributed by atoms with E-state index < -0.39 is 5.97 Å². The van der Waals surface area contributed by atoms with Gasteiger partial charge in [0, 0.05) is 26.9 Å². The van der Waals surface area contributed by atoms with E-state index in [0.717, 1.165) is 0 Å². The number of likely N-dealkylation sites (N-methyl/N-ethyl adjacent to an activating group) is 1. The van der Waals surface area contributed by atoms with E-state index in [1.165, 1.54) is 12.3 Å². The summed E-state index contributed by atoms with van der Waals surface area (Å²) in [6, 6.07) is 3.01. The second-order valence-corrected chi connectivity index (χ2v) is 3.91. The Bertz CT molecular complexity index is 433. The lowest BCUT2D eigenvalue weighted by atomic mass is 10.3. The van der Waals surface area contributed by atoms with E-state index in [-0.39, 0.29) is 18.0 Å². The van der Waals surface area contributed by atoms with Crippen molar-refractivity contribution in [2.45, 2.75) is 0 Å². The Labute approximate surface area is 111 Å². The summed E-state index contributed by atoms with van der Waals surface area (Å²) in [5.74, 6) is -0.644. The van der Waals surface area contributed by atoms with Crippen molar-refractivity contribution in [2.75, 3.05) is 38.8 Å². The lowest BCUT2D eigenvalue weighted by molar-refractivity contribution is -0.119. The highest BCUT2D eigenvalue weighted by molar-refractivity contribution is 5.87. The van der Waals surface area contributed by atoms with Crippen LogP contribution in [0.25, 0.3) is 0 Å². The summed E-state index contributed by atoms with van der Waals surface area (Å²) in [4.78, 5) is 27.8. The smallest absolute Gasteiger partial charge is 0.337 e. The molecule has 0 unspecified atom stereocenters. The fourth-order valence-corrected chi connectivity index (χ4v) is 1.38. The third-order valence-corrected chi connectivity index (χ3v) is 2.40. The number of rotatable bonds is 7. The molecule has 0 spiro atoms. The number of pyridine rings is 1. The van der Waals surface area contributed by atoms with Crippen molar-refractivity contribution in [3.63, 3.8) is 0 Å². The molecule has 1 heterocycles. The predicted octanol–water partition coefficient (Wildman–Crippen LogP) is -0.0214. The quantitative estimate of drug-likeness (QED) is 0.674. The number of hydrogen-bond donors (Lipinski definition) is 2. The topological polar surface area (TPSA) is 91.8 Å². The number of hydrogen-bond acceptors (Lipinski definition) is 5. The van der Waals surface area contributed by atoms with Crippen LogP contribution in [-0.4, -0.2) is 55.8 Å². The number of carbonyl (C=O) groups is 2. The second kappa shape index (κ2) is 7.32. The van der Waals surface area contributed by atoms with E-state index in [9.17, 15) is 9.59 Å². The van der Waals surface area contributed by atoms with Crippen LogP contribution in [0, 0.1) is 0 Å². The van der Waals surface area contributed by atoms with E-state index in [4.69, 9.17) is 9.84 Å². The fraction of sp³-hybridized carbons (Fsp3) is 0.417. The third-order valence-electron chi connectivity index (χ3n) is 2.40. The van der Waals surface area contributed by atoms with Gasteiger partial charge in [-0.2, -0.15) is 0 Å². The third kappa shape index (κ3) is 4.92. The van der Waals surface area contributed by atoms with E-state index in [2.05, 4.69) is 10.3 Å². The molecule has 0 saturated carbocycles. The number of carboxylic acid groups (broad SMARTS) is 1. The van der Waals surface area contributed by atoms with Crippen molar-refractivity contribution in [3.8, 4) is 0 Å². The Kier molecular flexibility index (Phi) is 5.74. The number of anilines is 1. The number of amides is 1. The predicted molar refractivity (Wildman–Crippen MR) is 69.4 cm³/mol. The molecule has 2 N–H and O–H groups in total. The van der Waals surface area contributed by atoms with Gasteiger partial charge in [0.1, 0.15) is 5.82 Å². The van der Waals surface area contributed by atoms with Gasteiger partial charge in [0.15, 0.2) is 0 Å². The molecule has 0 aromatic carbocycles. The first-order valence-corrected chi connectivity index (χ1v) is 5.70. The van der Waals surface area contributed by atoms with Crippen LogP contribution < -0.4 is 10.2 Å². The number of aromatic nitrogens is 1. The van der Waals surface area contributed by atoms with Crippen molar-refractivity contribution in [3.05, 3.63) is 23.9 Å². The zero-order chi connectivity index (χ0) is 14.3. The van der Waals surface area contributed by atoms with Crippen LogP contribution in [-0.2, 0) is 9.53 Å². The van der Waals surface area contributed by atoms with Gasteiger partial charge in [-0.25, -0.2) is 9.78 Å². The van der Waals surface area contributed by atoms with Crippen molar-refractivity contribution in [1.82, 2.24) is 10.3 Å². The summed E-state index contributed by atoms with van der Waals surface area (Å²) >= 11 is 0. The van der Waals surface area contributed by atoms with E-state index >= 15 is 0 Å². The molecular formula is C12H17N3O4. The molecule has 7 heteroatoms. The first kappa shape index (κ1) is 14.9. The highest BCUT2D eigenvalue weighted by Crippen LogP contribution is 2.09. The van der Waals surface area contributed by atoms with E-state index in [1.807, 2.05) is 0 Å². The average molecular weight is 267 g/mol. The molecule has 1 rings (SSSR count). The van der Waals surface area contributed by atoms with Crippen LogP contribution in [0.4, 0.5) is 5.82 Å². The largest absolute Gasteiger partial charge is 0.478 e. The summed E-state index contributed by atoms with van der Waals surface area (Å²) in [5.41, 5.74) is 0.113. The number of nitrogens with zero attached hydrogens (tertiary/aromatic N) is 2. The first-order chi connectivity index (χ1) is 9.04. The summed E-state index contributed by atoms with van der Waals surface area (Å²) in [5, 5.41) is 11.4. The zero-order valence-electron chi connectivity index (χ0n) is 10.9. The maximum atomic E-state index is 11.5. The highest BCUT2D eigenvalue weighted by atomic mass is 16.5. The Balaban J connectivity index is 2.50. The number of carboxylic acids is 1. The molecule has 7 nitrogen and oxygen atoms in total. The Morgan fingerprint density at radius 1 is 1.47 bits per heavy atom.